The van der Waals surface area contributed by atoms with Crippen LogP contribution in [0.2, 0.25) is 0 Å². The molecule has 0 aliphatic rings. The molecule has 7 heteroatoms. The summed E-state index contributed by atoms with van der Waals surface area (Å²) in [5.41, 5.74) is 0.916. The molecule has 0 fully saturated rings. The van der Waals surface area contributed by atoms with E-state index in [0.717, 1.165) is 5.69 Å². The van der Waals surface area contributed by atoms with Crippen LogP contribution in [0.25, 0.3) is 0 Å². The van der Waals surface area contributed by atoms with Crippen molar-refractivity contribution < 1.29 is 9.53 Å². The maximum Gasteiger partial charge on any atom is 0.307 e. The lowest BCUT2D eigenvalue weighted by molar-refractivity contribution is -0.140. The van der Waals surface area contributed by atoms with Crippen LogP contribution in [0.5, 0.6) is 0 Å². The van der Waals surface area contributed by atoms with Gasteiger partial charge in [0.15, 0.2) is 0 Å². The number of hydrogen-bond acceptors (Lipinski definition) is 6. The molecule has 2 rings (SSSR count). The number of aromatic nitrogens is 3. The van der Waals surface area contributed by atoms with Crippen molar-refractivity contribution >= 4 is 23.3 Å². The lowest BCUT2D eigenvalue weighted by Gasteiger charge is -2.07. The Kier molecular flexibility index (Phi) is 4.33. The van der Waals surface area contributed by atoms with Crippen molar-refractivity contribution in [3.8, 4) is 0 Å². The molecule has 0 atom stereocenters. The van der Waals surface area contributed by atoms with Crippen LogP contribution in [0, 0.1) is 0 Å². The van der Waals surface area contributed by atoms with Crippen molar-refractivity contribution in [3.05, 3.63) is 30.9 Å². The van der Waals surface area contributed by atoms with Gasteiger partial charge in [-0.25, -0.2) is 9.97 Å². The highest BCUT2D eigenvalue weighted by molar-refractivity contribution is 5.69. The Morgan fingerprint density at radius 1 is 1.42 bits per heavy atom. The summed E-state index contributed by atoms with van der Waals surface area (Å²) >= 11 is 0. The van der Waals surface area contributed by atoms with E-state index in [2.05, 4.69) is 30.3 Å². The third-order valence-corrected chi connectivity index (χ3v) is 2.40. The van der Waals surface area contributed by atoms with Gasteiger partial charge in [-0.2, -0.15) is 0 Å². The second-order valence-corrected chi connectivity index (χ2v) is 3.77. The molecule has 100 valence electrons. The number of hydrogen-bond donors (Lipinski definition) is 3. The fourth-order valence-corrected chi connectivity index (χ4v) is 1.47. The van der Waals surface area contributed by atoms with E-state index in [4.69, 9.17) is 0 Å². The van der Waals surface area contributed by atoms with Crippen LogP contribution >= 0.6 is 0 Å². The van der Waals surface area contributed by atoms with Gasteiger partial charge in [-0.05, 0) is 6.07 Å². The quantitative estimate of drug-likeness (QED) is 0.683. The van der Waals surface area contributed by atoms with E-state index in [9.17, 15) is 4.79 Å². The Bertz CT molecular complexity index is 527. The summed E-state index contributed by atoms with van der Waals surface area (Å²) in [5, 5.41) is 6.15. The van der Waals surface area contributed by atoms with Gasteiger partial charge in [0, 0.05) is 25.0 Å². The first-order valence-electron chi connectivity index (χ1n) is 5.80. The first kappa shape index (κ1) is 12.9. The summed E-state index contributed by atoms with van der Waals surface area (Å²) in [6.07, 6.45) is 5.39. The highest BCUT2D eigenvalue weighted by Crippen LogP contribution is 2.15. The average molecular weight is 261 g/mol. The van der Waals surface area contributed by atoms with Gasteiger partial charge in [0.1, 0.15) is 18.0 Å². The Balaban J connectivity index is 1.90. The van der Waals surface area contributed by atoms with Crippen LogP contribution in [0.4, 0.5) is 17.3 Å². The zero-order chi connectivity index (χ0) is 13.5. The average Bonchev–Trinajstić information content (AvgIpc) is 2.92. The highest BCUT2D eigenvalue weighted by Gasteiger charge is 2.02. The third-order valence-electron chi connectivity index (χ3n) is 2.40. The number of carbonyl (C=O) groups is 1. The van der Waals surface area contributed by atoms with Gasteiger partial charge in [-0.3, -0.25) is 4.79 Å². The van der Waals surface area contributed by atoms with E-state index >= 15 is 0 Å². The SMILES string of the molecule is COC(=O)CCNc1cc(Nc2cc[nH]c2)ncn1. The summed E-state index contributed by atoms with van der Waals surface area (Å²) in [6, 6.07) is 3.66. The second kappa shape index (κ2) is 6.39. The molecular weight excluding hydrogens is 246 g/mol. The molecule has 0 amide bonds. The number of nitrogens with zero attached hydrogens (tertiary/aromatic N) is 2. The molecule has 0 aliphatic heterocycles. The molecule has 2 heterocycles. The van der Waals surface area contributed by atoms with E-state index in [1.165, 1.54) is 13.4 Å². The minimum atomic E-state index is -0.257. The van der Waals surface area contributed by atoms with E-state index in [0.29, 0.717) is 24.6 Å². The number of esters is 1. The van der Waals surface area contributed by atoms with Gasteiger partial charge in [-0.15, -0.1) is 0 Å². The summed E-state index contributed by atoms with van der Waals surface area (Å²) < 4.78 is 4.55. The van der Waals surface area contributed by atoms with Gasteiger partial charge >= 0.3 is 5.97 Å². The molecule has 2 aromatic heterocycles. The van der Waals surface area contributed by atoms with Crippen LogP contribution in [0.3, 0.4) is 0 Å². The monoisotopic (exact) mass is 261 g/mol. The number of anilines is 3. The minimum Gasteiger partial charge on any atom is -0.469 e. The summed E-state index contributed by atoms with van der Waals surface area (Å²) in [6.45, 7) is 0.466. The van der Waals surface area contributed by atoms with Crippen molar-refractivity contribution in [1.29, 1.82) is 0 Å². The molecule has 0 saturated heterocycles. The Morgan fingerprint density at radius 2 is 2.26 bits per heavy atom. The van der Waals surface area contributed by atoms with Gasteiger partial charge in [-0.1, -0.05) is 0 Å². The Morgan fingerprint density at radius 3 is 3.00 bits per heavy atom. The molecule has 0 radical (unpaired) electrons. The number of nitrogens with one attached hydrogen (secondary N) is 3. The third kappa shape index (κ3) is 3.98. The molecule has 2 aromatic rings. The van der Waals surface area contributed by atoms with Crippen molar-refractivity contribution in [3.63, 3.8) is 0 Å². The molecule has 3 N–H and O–H groups in total. The normalized spacial score (nSPS) is 9.95. The molecule has 0 unspecified atom stereocenters. The Labute approximate surface area is 110 Å². The zero-order valence-corrected chi connectivity index (χ0v) is 10.5. The number of methoxy groups -OCH3 is 1. The van der Waals surface area contributed by atoms with Crippen molar-refractivity contribution in [1.82, 2.24) is 15.0 Å². The summed E-state index contributed by atoms with van der Waals surface area (Å²) in [7, 11) is 1.37. The standard InChI is InChI=1S/C12H15N5O2/c1-19-12(18)3-5-14-10-6-11(16-8-15-10)17-9-2-4-13-7-9/h2,4,6-8,13H,3,5H2,1H3,(H2,14,15,16,17). The minimum absolute atomic E-state index is 0.257. The van der Waals surface area contributed by atoms with E-state index in [1.54, 1.807) is 6.07 Å². The van der Waals surface area contributed by atoms with Crippen LogP contribution in [-0.2, 0) is 9.53 Å². The number of ether oxygens (including phenoxy) is 1. The predicted molar refractivity (Wildman–Crippen MR) is 71.2 cm³/mol. The smallest absolute Gasteiger partial charge is 0.307 e. The number of rotatable bonds is 6. The van der Waals surface area contributed by atoms with E-state index < -0.39 is 0 Å². The first-order valence-corrected chi connectivity index (χ1v) is 5.80. The van der Waals surface area contributed by atoms with Gasteiger partial charge in [0.05, 0.1) is 19.2 Å². The molecule has 0 aliphatic carbocycles. The lowest BCUT2D eigenvalue weighted by Crippen LogP contribution is -2.10. The van der Waals surface area contributed by atoms with E-state index in [-0.39, 0.29) is 5.97 Å². The van der Waals surface area contributed by atoms with Gasteiger partial charge < -0.3 is 20.4 Å². The van der Waals surface area contributed by atoms with Crippen LogP contribution < -0.4 is 10.6 Å². The molecular formula is C12H15N5O2. The summed E-state index contributed by atoms with van der Waals surface area (Å²) in [4.78, 5) is 22.1. The fraction of sp³-hybridized carbons (Fsp3) is 0.250. The molecule has 0 aromatic carbocycles. The number of aromatic amines is 1. The largest absolute Gasteiger partial charge is 0.469 e. The number of carbonyl (C=O) groups excluding carboxylic acids is 1. The lowest BCUT2D eigenvalue weighted by atomic mass is 10.4. The molecule has 0 saturated carbocycles. The predicted octanol–water partition coefficient (Wildman–Crippen LogP) is 1.52. The van der Waals surface area contributed by atoms with Crippen molar-refractivity contribution in [2.24, 2.45) is 0 Å². The van der Waals surface area contributed by atoms with Gasteiger partial charge in [0.2, 0.25) is 0 Å². The second-order valence-electron chi connectivity index (χ2n) is 3.77. The highest BCUT2D eigenvalue weighted by atomic mass is 16.5. The first-order chi connectivity index (χ1) is 9.28. The molecule has 19 heavy (non-hydrogen) atoms. The van der Waals surface area contributed by atoms with Crippen LogP contribution in [-0.4, -0.2) is 34.6 Å². The molecule has 0 spiro atoms. The Hall–Kier alpha value is -2.57. The fourth-order valence-electron chi connectivity index (χ4n) is 1.47. The van der Waals surface area contributed by atoms with Crippen LogP contribution in [0.15, 0.2) is 30.9 Å². The molecule has 0 bridgehead atoms. The van der Waals surface area contributed by atoms with Gasteiger partial charge in [0.25, 0.3) is 0 Å². The van der Waals surface area contributed by atoms with Crippen LogP contribution in [0.1, 0.15) is 6.42 Å². The van der Waals surface area contributed by atoms with Crippen molar-refractivity contribution in [2.45, 2.75) is 6.42 Å². The van der Waals surface area contributed by atoms with Crippen molar-refractivity contribution in [2.75, 3.05) is 24.3 Å². The van der Waals surface area contributed by atoms with E-state index in [1.807, 2.05) is 18.5 Å². The maximum atomic E-state index is 11.0. The number of H-pyrrole nitrogens is 1. The summed E-state index contributed by atoms with van der Waals surface area (Å²) in [5.74, 6) is 1.07. The topological polar surface area (TPSA) is 91.9 Å². The molecule has 7 nitrogen and oxygen atoms in total. The maximum absolute atomic E-state index is 11.0. The zero-order valence-electron chi connectivity index (χ0n) is 10.5.